The maximum absolute atomic E-state index is 14.3. The molecule has 1 aromatic carbocycles. The van der Waals surface area contributed by atoms with E-state index in [0.717, 1.165) is 18.5 Å². The molecule has 108 valence electrons. The van der Waals surface area contributed by atoms with Crippen LogP contribution in [0.1, 0.15) is 35.4 Å². The van der Waals surface area contributed by atoms with E-state index in [4.69, 9.17) is 4.74 Å². The highest BCUT2D eigenvalue weighted by Crippen LogP contribution is 2.31. The third-order valence-electron chi connectivity index (χ3n) is 3.33. The fourth-order valence-electron chi connectivity index (χ4n) is 2.24. The number of thiophene rings is 1. The quantitative estimate of drug-likeness (QED) is 0.857. The van der Waals surface area contributed by atoms with Crippen molar-refractivity contribution in [1.82, 2.24) is 5.32 Å². The van der Waals surface area contributed by atoms with E-state index in [-0.39, 0.29) is 11.9 Å². The normalized spacial score (nSPS) is 12.4. The molecule has 20 heavy (non-hydrogen) atoms. The van der Waals surface area contributed by atoms with Crippen molar-refractivity contribution in [2.24, 2.45) is 0 Å². The molecular weight excluding hydrogens is 273 g/mol. The molecular formula is C16H20FNOS. The second kappa shape index (κ2) is 6.86. The van der Waals surface area contributed by atoms with Gasteiger partial charge in [0.05, 0.1) is 13.2 Å². The summed E-state index contributed by atoms with van der Waals surface area (Å²) in [6.07, 6.45) is 1.01. The fraction of sp³-hybridized carbons (Fsp3) is 0.375. The molecule has 2 aromatic rings. The Labute approximate surface area is 123 Å². The van der Waals surface area contributed by atoms with Crippen LogP contribution >= 0.6 is 11.3 Å². The van der Waals surface area contributed by atoms with Crippen molar-refractivity contribution in [2.45, 2.75) is 26.3 Å². The summed E-state index contributed by atoms with van der Waals surface area (Å²) in [5.41, 5.74) is 1.81. The van der Waals surface area contributed by atoms with Crippen LogP contribution in [0.2, 0.25) is 0 Å². The molecule has 0 amide bonds. The highest BCUT2D eigenvalue weighted by molar-refractivity contribution is 7.10. The Morgan fingerprint density at radius 1 is 1.30 bits per heavy atom. The number of methoxy groups -OCH3 is 1. The molecule has 4 heteroatoms. The molecule has 0 radical (unpaired) electrons. The van der Waals surface area contributed by atoms with Gasteiger partial charge >= 0.3 is 0 Å². The number of aryl methyl sites for hydroxylation is 1. The molecule has 1 heterocycles. The van der Waals surface area contributed by atoms with E-state index in [1.54, 1.807) is 30.6 Å². The molecule has 0 saturated heterocycles. The van der Waals surface area contributed by atoms with E-state index in [2.05, 4.69) is 25.2 Å². The van der Waals surface area contributed by atoms with Crippen LogP contribution in [0.5, 0.6) is 5.75 Å². The van der Waals surface area contributed by atoms with Crippen LogP contribution in [-0.4, -0.2) is 13.7 Å². The Bertz CT molecular complexity index is 567. The summed E-state index contributed by atoms with van der Waals surface area (Å²) in [5, 5.41) is 5.48. The number of ether oxygens (including phenoxy) is 1. The Hall–Kier alpha value is -1.39. The van der Waals surface area contributed by atoms with Crippen molar-refractivity contribution < 1.29 is 9.13 Å². The third kappa shape index (κ3) is 3.19. The van der Waals surface area contributed by atoms with Crippen molar-refractivity contribution >= 4 is 11.3 Å². The fourth-order valence-corrected chi connectivity index (χ4v) is 2.98. The molecule has 2 rings (SSSR count). The molecule has 1 aromatic heterocycles. The average Bonchev–Trinajstić information content (AvgIpc) is 2.87. The summed E-state index contributed by atoms with van der Waals surface area (Å²) >= 11 is 1.69. The van der Waals surface area contributed by atoms with Crippen LogP contribution in [0.3, 0.4) is 0 Å². The zero-order chi connectivity index (χ0) is 14.5. The summed E-state index contributed by atoms with van der Waals surface area (Å²) in [6, 6.07) is 7.01. The van der Waals surface area contributed by atoms with Crippen LogP contribution in [0.15, 0.2) is 29.6 Å². The first-order valence-corrected chi connectivity index (χ1v) is 7.66. The second-order valence-electron chi connectivity index (χ2n) is 4.71. The van der Waals surface area contributed by atoms with Crippen LogP contribution in [0.25, 0.3) is 0 Å². The van der Waals surface area contributed by atoms with Crippen molar-refractivity contribution in [2.75, 3.05) is 13.7 Å². The lowest BCUT2D eigenvalue weighted by molar-refractivity contribution is 0.410. The Kier molecular flexibility index (Phi) is 5.15. The van der Waals surface area contributed by atoms with Gasteiger partial charge in [-0.15, -0.1) is 11.3 Å². The van der Waals surface area contributed by atoms with Gasteiger partial charge in [0, 0.05) is 16.5 Å². The lowest BCUT2D eigenvalue weighted by Crippen LogP contribution is -2.24. The second-order valence-corrected chi connectivity index (χ2v) is 5.83. The number of halogens is 1. The highest BCUT2D eigenvalue weighted by atomic mass is 32.1. The number of benzene rings is 1. The van der Waals surface area contributed by atoms with E-state index in [0.29, 0.717) is 11.3 Å². The topological polar surface area (TPSA) is 21.3 Å². The van der Waals surface area contributed by atoms with E-state index in [1.165, 1.54) is 10.9 Å². The monoisotopic (exact) mass is 293 g/mol. The number of rotatable bonds is 6. The van der Waals surface area contributed by atoms with E-state index in [1.807, 2.05) is 5.38 Å². The van der Waals surface area contributed by atoms with Gasteiger partial charge < -0.3 is 10.1 Å². The van der Waals surface area contributed by atoms with Crippen LogP contribution in [-0.2, 0) is 0 Å². The molecule has 0 aliphatic heterocycles. The average molecular weight is 293 g/mol. The van der Waals surface area contributed by atoms with Gasteiger partial charge in [-0.25, -0.2) is 4.39 Å². The standard InChI is InChI=1S/C16H20FNOS/c1-4-8-18-16(13-7-9-20-11(13)2)14-6-5-12(19-3)10-15(14)17/h5-7,9-10,16,18H,4,8H2,1-3H3. The minimum absolute atomic E-state index is 0.105. The van der Waals surface area contributed by atoms with Crippen molar-refractivity contribution in [3.63, 3.8) is 0 Å². The summed E-state index contributed by atoms with van der Waals surface area (Å²) in [7, 11) is 1.55. The van der Waals surface area contributed by atoms with E-state index >= 15 is 0 Å². The Balaban J connectivity index is 2.38. The van der Waals surface area contributed by atoms with E-state index < -0.39 is 0 Å². The van der Waals surface area contributed by atoms with Crippen molar-refractivity contribution in [1.29, 1.82) is 0 Å². The SMILES string of the molecule is CCCNC(c1ccc(OC)cc1F)c1ccsc1C. The predicted octanol–water partition coefficient (Wildman–Crippen LogP) is 4.29. The van der Waals surface area contributed by atoms with Gasteiger partial charge in [-0.2, -0.15) is 0 Å². The highest BCUT2D eigenvalue weighted by Gasteiger charge is 2.20. The van der Waals surface area contributed by atoms with Gasteiger partial charge in [-0.05, 0) is 43.0 Å². The minimum Gasteiger partial charge on any atom is -0.497 e. The molecule has 1 atom stereocenters. The van der Waals surface area contributed by atoms with Gasteiger partial charge in [0.25, 0.3) is 0 Å². The summed E-state index contributed by atoms with van der Waals surface area (Å²) in [6.45, 7) is 5.03. The minimum atomic E-state index is -0.233. The lowest BCUT2D eigenvalue weighted by Gasteiger charge is -2.20. The first kappa shape index (κ1) is 15.0. The Morgan fingerprint density at radius 3 is 2.65 bits per heavy atom. The zero-order valence-corrected chi connectivity index (χ0v) is 12.9. The van der Waals surface area contributed by atoms with Crippen molar-refractivity contribution in [3.8, 4) is 5.75 Å². The zero-order valence-electron chi connectivity index (χ0n) is 12.1. The van der Waals surface area contributed by atoms with Crippen LogP contribution < -0.4 is 10.1 Å². The van der Waals surface area contributed by atoms with Crippen LogP contribution in [0, 0.1) is 12.7 Å². The molecule has 0 bridgehead atoms. The molecule has 0 aliphatic carbocycles. The predicted molar refractivity (Wildman–Crippen MR) is 82.1 cm³/mol. The third-order valence-corrected chi connectivity index (χ3v) is 4.19. The molecule has 0 saturated carbocycles. The summed E-state index contributed by atoms with van der Waals surface area (Å²) in [4.78, 5) is 1.22. The summed E-state index contributed by atoms with van der Waals surface area (Å²) < 4.78 is 19.4. The molecule has 0 aliphatic rings. The number of nitrogens with one attached hydrogen (secondary N) is 1. The van der Waals surface area contributed by atoms with Gasteiger partial charge in [0.15, 0.2) is 0 Å². The first-order valence-electron chi connectivity index (χ1n) is 6.78. The first-order chi connectivity index (χ1) is 9.67. The lowest BCUT2D eigenvalue weighted by atomic mass is 9.98. The molecule has 0 spiro atoms. The molecule has 1 N–H and O–H groups in total. The smallest absolute Gasteiger partial charge is 0.132 e. The van der Waals surface area contributed by atoms with Crippen molar-refractivity contribution in [3.05, 3.63) is 51.5 Å². The Morgan fingerprint density at radius 2 is 2.10 bits per heavy atom. The maximum Gasteiger partial charge on any atom is 0.132 e. The van der Waals surface area contributed by atoms with Crippen LogP contribution in [0.4, 0.5) is 4.39 Å². The maximum atomic E-state index is 14.3. The molecule has 0 fully saturated rings. The number of hydrogen-bond acceptors (Lipinski definition) is 3. The number of hydrogen-bond donors (Lipinski definition) is 1. The van der Waals surface area contributed by atoms with Gasteiger partial charge in [-0.3, -0.25) is 0 Å². The van der Waals surface area contributed by atoms with Gasteiger partial charge in [0.2, 0.25) is 0 Å². The largest absolute Gasteiger partial charge is 0.497 e. The molecule has 2 nitrogen and oxygen atoms in total. The van der Waals surface area contributed by atoms with E-state index in [9.17, 15) is 4.39 Å². The van der Waals surface area contributed by atoms with Gasteiger partial charge in [-0.1, -0.05) is 13.0 Å². The van der Waals surface area contributed by atoms with Gasteiger partial charge in [0.1, 0.15) is 11.6 Å². The summed E-state index contributed by atoms with van der Waals surface area (Å²) in [5.74, 6) is 0.311. The molecule has 1 unspecified atom stereocenters.